The van der Waals surface area contributed by atoms with Crippen LogP contribution in [-0.2, 0) is 0 Å². The van der Waals surface area contributed by atoms with E-state index in [0.717, 1.165) is 11.4 Å². The molecule has 1 aromatic carbocycles. The Morgan fingerprint density at radius 1 is 0.444 bits per heavy atom. The summed E-state index contributed by atoms with van der Waals surface area (Å²) in [6.45, 7) is 0. The SMILES string of the molecule is c1cc[n+](-c2ccc(-[n+]3ccccc3)cc2)cc1. The molecule has 0 saturated heterocycles. The molecule has 0 amide bonds. The molecule has 0 aliphatic carbocycles. The standard InChI is InChI=1S/C16H14N2/c1-3-11-17(12-4-1)15-7-9-16(10-8-15)18-13-5-2-6-14-18/h1-14H/q+2. The van der Waals surface area contributed by atoms with E-state index >= 15 is 0 Å². The van der Waals surface area contributed by atoms with E-state index in [1.165, 1.54) is 0 Å². The van der Waals surface area contributed by atoms with Gasteiger partial charge in [0.05, 0.1) is 0 Å². The third kappa shape index (κ3) is 2.13. The average molecular weight is 234 g/mol. The molecule has 2 nitrogen and oxygen atoms in total. The van der Waals surface area contributed by atoms with Crippen molar-refractivity contribution in [2.75, 3.05) is 0 Å². The maximum absolute atomic E-state index is 2.12. The lowest BCUT2D eigenvalue weighted by molar-refractivity contribution is -0.599. The molecule has 2 heterocycles. The van der Waals surface area contributed by atoms with Crippen molar-refractivity contribution in [3.05, 3.63) is 85.5 Å². The Morgan fingerprint density at radius 3 is 1.11 bits per heavy atom. The summed E-state index contributed by atoms with van der Waals surface area (Å²) in [5.74, 6) is 0. The molecule has 0 fully saturated rings. The lowest BCUT2D eigenvalue weighted by Gasteiger charge is -1.96. The second kappa shape index (κ2) is 4.80. The van der Waals surface area contributed by atoms with Crippen LogP contribution in [0.2, 0.25) is 0 Å². The van der Waals surface area contributed by atoms with E-state index in [4.69, 9.17) is 0 Å². The van der Waals surface area contributed by atoms with E-state index in [1.54, 1.807) is 0 Å². The third-order valence-electron chi connectivity index (χ3n) is 2.88. The number of rotatable bonds is 2. The highest BCUT2D eigenvalue weighted by Crippen LogP contribution is 2.03. The molecule has 3 aromatic rings. The maximum Gasteiger partial charge on any atom is 0.211 e. The van der Waals surface area contributed by atoms with Crippen molar-refractivity contribution in [1.29, 1.82) is 0 Å². The van der Waals surface area contributed by atoms with E-state index in [2.05, 4.69) is 33.4 Å². The first-order chi connectivity index (χ1) is 8.93. The Kier molecular flexibility index (Phi) is 2.84. The van der Waals surface area contributed by atoms with Crippen LogP contribution in [0, 0.1) is 0 Å². The van der Waals surface area contributed by atoms with E-state index < -0.39 is 0 Å². The average Bonchev–Trinajstić information content (AvgIpc) is 2.49. The normalized spacial score (nSPS) is 10.2. The molecule has 3 rings (SSSR count). The first kappa shape index (κ1) is 10.7. The molecular formula is C16H14N2+2. The minimum atomic E-state index is 1.16. The summed E-state index contributed by atoms with van der Waals surface area (Å²) in [7, 11) is 0. The molecule has 2 aromatic heterocycles. The molecule has 0 aliphatic heterocycles. The smallest absolute Gasteiger partial charge is 0.167 e. The van der Waals surface area contributed by atoms with Crippen molar-refractivity contribution in [1.82, 2.24) is 0 Å². The summed E-state index contributed by atoms with van der Waals surface area (Å²) in [6, 6.07) is 20.6. The monoisotopic (exact) mass is 234 g/mol. The Morgan fingerprint density at radius 2 is 0.778 bits per heavy atom. The van der Waals surface area contributed by atoms with Crippen LogP contribution in [0.5, 0.6) is 0 Å². The van der Waals surface area contributed by atoms with Crippen LogP contribution in [0.15, 0.2) is 85.5 Å². The van der Waals surface area contributed by atoms with Crippen LogP contribution < -0.4 is 9.13 Å². The highest BCUT2D eigenvalue weighted by molar-refractivity contribution is 5.31. The highest BCUT2D eigenvalue weighted by Gasteiger charge is 2.08. The molecule has 18 heavy (non-hydrogen) atoms. The molecule has 2 heteroatoms. The molecule has 0 bridgehead atoms. The number of hydrogen-bond acceptors (Lipinski definition) is 0. The van der Waals surface area contributed by atoms with Gasteiger partial charge in [0.2, 0.25) is 11.4 Å². The van der Waals surface area contributed by atoms with Gasteiger partial charge in [-0.25, -0.2) is 0 Å². The summed E-state index contributed by atoms with van der Waals surface area (Å²) in [4.78, 5) is 0. The van der Waals surface area contributed by atoms with Crippen molar-refractivity contribution in [2.45, 2.75) is 0 Å². The van der Waals surface area contributed by atoms with E-state index in [1.807, 2.05) is 61.2 Å². The summed E-state index contributed by atoms with van der Waals surface area (Å²) in [5, 5.41) is 0. The summed E-state index contributed by atoms with van der Waals surface area (Å²) < 4.78 is 4.19. The summed E-state index contributed by atoms with van der Waals surface area (Å²) in [6.07, 6.45) is 8.19. The zero-order chi connectivity index (χ0) is 12.2. The van der Waals surface area contributed by atoms with Crippen LogP contribution in [0.3, 0.4) is 0 Å². The van der Waals surface area contributed by atoms with Crippen molar-refractivity contribution in [2.24, 2.45) is 0 Å². The van der Waals surface area contributed by atoms with Crippen molar-refractivity contribution in [3.63, 3.8) is 0 Å². The highest BCUT2D eigenvalue weighted by atomic mass is 14.9. The lowest BCUT2D eigenvalue weighted by atomic mass is 10.2. The minimum Gasteiger partial charge on any atom is -0.167 e. The Bertz CT molecular complexity index is 558. The Hall–Kier alpha value is -2.48. The lowest BCUT2D eigenvalue weighted by Crippen LogP contribution is -2.31. The predicted molar refractivity (Wildman–Crippen MR) is 69.5 cm³/mol. The first-order valence-corrected chi connectivity index (χ1v) is 5.97. The topological polar surface area (TPSA) is 7.76 Å². The van der Waals surface area contributed by atoms with Gasteiger partial charge in [-0.2, -0.15) is 9.13 Å². The largest absolute Gasteiger partial charge is 0.211 e. The fourth-order valence-corrected chi connectivity index (χ4v) is 1.94. The molecule has 0 spiro atoms. The van der Waals surface area contributed by atoms with Gasteiger partial charge >= 0.3 is 0 Å². The zero-order valence-corrected chi connectivity index (χ0v) is 9.98. The van der Waals surface area contributed by atoms with Gasteiger partial charge in [-0.3, -0.25) is 0 Å². The Balaban J connectivity index is 1.95. The van der Waals surface area contributed by atoms with Gasteiger partial charge in [0.15, 0.2) is 24.8 Å². The fourth-order valence-electron chi connectivity index (χ4n) is 1.94. The summed E-state index contributed by atoms with van der Waals surface area (Å²) >= 11 is 0. The molecule has 0 N–H and O–H groups in total. The molecule has 0 unspecified atom stereocenters. The first-order valence-electron chi connectivity index (χ1n) is 5.97. The van der Waals surface area contributed by atoms with Gasteiger partial charge in [0.25, 0.3) is 0 Å². The van der Waals surface area contributed by atoms with Crippen LogP contribution >= 0.6 is 0 Å². The number of pyridine rings is 2. The van der Waals surface area contributed by atoms with Crippen LogP contribution in [0.1, 0.15) is 0 Å². The van der Waals surface area contributed by atoms with E-state index in [-0.39, 0.29) is 0 Å². The van der Waals surface area contributed by atoms with Gasteiger partial charge in [-0.1, -0.05) is 12.1 Å². The number of aromatic nitrogens is 2. The minimum absolute atomic E-state index is 1.16. The number of hydrogen-bond donors (Lipinski definition) is 0. The Labute approximate surface area is 106 Å². The van der Waals surface area contributed by atoms with Gasteiger partial charge < -0.3 is 0 Å². The fraction of sp³-hybridized carbons (Fsp3) is 0. The molecule has 0 atom stereocenters. The van der Waals surface area contributed by atoms with E-state index in [0.29, 0.717) is 0 Å². The molecular weight excluding hydrogens is 220 g/mol. The maximum atomic E-state index is 2.12. The quantitative estimate of drug-likeness (QED) is 0.601. The van der Waals surface area contributed by atoms with Gasteiger partial charge in [-0.05, 0) is 0 Å². The van der Waals surface area contributed by atoms with Gasteiger partial charge in [0, 0.05) is 48.5 Å². The summed E-state index contributed by atoms with van der Waals surface area (Å²) in [5.41, 5.74) is 2.33. The third-order valence-corrected chi connectivity index (χ3v) is 2.88. The molecule has 0 radical (unpaired) electrons. The number of nitrogens with zero attached hydrogens (tertiary/aromatic N) is 2. The predicted octanol–water partition coefficient (Wildman–Crippen LogP) is 2.24. The number of benzene rings is 1. The second-order valence-corrected chi connectivity index (χ2v) is 4.08. The van der Waals surface area contributed by atoms with Crippen LogP contribution in [0.25, 0.3) is 11.4 Å². The van der Waals surface area contributed by atoms with Crippen LogP contribution in [-0.4, -0.2) is 0 Å². The second-order valence-electron chi connectivity index (χ2n) is 4.08. The van der Waals surface area contributed by atoms with Crippen molar-refractivity contribution >= 4 is 0 Å². The zero-order valence-electron chi connectivity index (χ0n) is 9.98. The molecule has 0 aliphatic rings. The van der Waals surface area contributed by atoms with Crippen LogP contribution in [0.4, 0.5) is 0 Å². The molecule has 0 saturated carbocycles. The van der Waals surface area contributed by atoms with E-state index in [9.17, 15) is 0 Å². The van der Waals surface area contributed by atoms with Gasteiger partial charge in [-0.15, -0.1) is 0 Å². The van der Waals surface area contributed by atoms with Crippen molar-refractivity contribution in [3.8, 4) is 11.4 Å². The molecule has 86 valence electrons. The van der Waals surface area contributed by atoms with Gasteiger partial charge in [0.1, 0.15) is 0 Å². The van der Waals surface area contributed by atoms with Crippen molar-refractivity contribution < 1.29 is 9.13 Å².